The van der Waals surface area contributed by atoms with E-state index in [0.29, 0.717) is 17.0 Å². The zero-order chi connectivity index (χ0) is 20.8. The molecule has 0 amide bonds. The average Bonchev–Trinajstić information content (AvgIpc) is 2.69. The minimum absolute atomic E-state index is 0.0852. The Morgan fingerprint density at radius 2 is 1.28 bits per heavy atom. The number of anilines is 2. The third kappa shape index (κ3) is 5.25. The number of nitrogens with one attached hydrogen (secondary N) is 2. The van der Waals surface area contributed by atoms with E-state index in [2.05, 4.69) is 10.6 Å². The number of esters is 1. The third-order valence-corrected chi connectivity index (χ3v) is 4.42. The van der Waals surface area contributed by atoms with Gasteiger partial charge in [-0.25, -0.2) is 9.59 Å². The highest BCUT2D eigenvalue weighted by Crippen LogP contribution is 2.33. The van der Waals surface area contributed by atoms with Crippen molar-refractivity contribution in [1.29, 1.82) is 0 Å². The number of rotatable bonds is 7. The monoisotopic (exact) mass is 392 g/mol. The van der Waals surface area contributed by atoms with Crippen molar-refractivity contribution in [2.45, 2.75) is 32.8 Å². The molecule has 150 valence electrons. The molecule has 0 aliphatic heterocycles. The molecule has 0 spiro atoms. The number of carboxylic acid groups (broad SMARTS) is 1. The number of carbonyl (C=O) groups is 2. The second kappa shape index (κ2) is 9.10. The van der Waals surface area contributed by atoms with Gasteiger partial charge in [0.1, 0.15) is 0 Å². The predicted molar refractivity (Wildman–Crippen MR) is 112 cm³/mol. The minimum atomic E-state index is -1.02. The molecular weight excluding hydrogens is 368 g/mol. The van der Waals surface area contributed by atoms with Crippen LogP contribution in [0, 0.1) is 0 Å². The zero-order valence-corrected chi connectivity index (χ0v) is 16.4. The van der Waals surface area contributed by atoms with Gasteiger partial charge < -0.3 is 20.5 Å². The van der Waals surface area contributed by atoms with E-state index in [1.165, 1.54) is 0 Å². The van der Waals surface area contributed by atoms with Crippen LogP contribution in [0.1, 0.15) is 26.7 Å². The lowest BCUT2D eigenvalue weighted by atomic mass is 9.92. The Morgan fingerprint density at radius 3 is 1.72 bits per heavy atom. The quantitative estimate of drug-likeness (QED) is 0.599. The van der Waals surface area contributed by atoms with Crippen molar-refractivity contribution in [3.05, 3.63) is 83.2 Å². The van der Waals surface area contributed by atoms with Crippen LogP contribution in [0.3, 0.4) is 0 Å². The summed E-state index contributed by atoms with van der Waals surface area (Å²) >= 11 is 0. The number of hydrogen-bond donors (Lipinski definition) is 3. The molecule has 29 heavy (non-hydrogen) atoms. The Bertz CT molecular complexity index is 947. The first-order valence-electron chi connectivity index (χ1n) is 9.46. The molecule has 3 N–H and O–H groups in total. The van der Waals surface area contributed by atoms with Crippen molar-refractivity contribution >= 4 is 23.3 Å². The van der Waals surface area contributed by atoms with E-state index in [1.54, 1.807) is 13.8 Å². The smallest absolute Gasteiger partial charge is 0.336 e. The highest BCUT2D eigenvalue weighted by molar-refractivity contribution is 5.95. The summed E-state index contributed by atoms with van der Waals surface area (Å²) in [4.78, 5) is 24.7. The third-order valence-electron chi connectivity index (χ3n) is 4.42. The molecule has 1 aliphatic carbocycles. The van der Waals surface area contributed by atoms with Crippen LogP contribution in [0.15, 0.2) is 83.2 Å². The van der Waals surface area contributed by atoms with E-state index in [1.807, 2.05) is 60.7 Å². The molecular formula is C23H24N2O4. The van der Waals surface area contributed by atoms with E-state index in [0.717, 1.165) is 11.4 Å². The van der Waals surface area contributed by atoms with Gasteiger partial charge >= 0.3 is 11.9 Å². The van der Waals surface area contributed by atoms with Crippen molar-refractivity contribution in [3.8, 4) is 0 Å². The van der Waals surface area contributed by atoms with Gasteiger partial charge in [-0.3, -0.25) is 0 Å². The summed E-state index contributed by atoms with van der Waals surface area (Å²) in [5.41, 5.74) is 3.20. The highest BCUT2D eigenvalue weighted by Gasteiger charge is 2.29. The van der Waals surface area contributed by atoms with Crippen LogP contribution >= 0.6 is 0 Å². The lowest BCUT2D eigenvalue weighted by Gasteiger charge is -2.26. The predicted octanol–water partition coefficient (Wildman–Crippen LogP) is 4.55. The molecule has 2 aromatic carbocycles. The van der Waals surface area contributed by atoms with Crippen LogP contribution in [0.2, 0.25) is 0 Å². The van der Waals surface area contributed by atoms with Gasteiger partial charge in [0, 0.05) is 35.6 Å². The summed E-state index contributed by atoms with van der Waals surface area (Å²) in [6, 6.07) is 18.6. The molecule has 6 nitrogen and oxygen atoms in total. The van der Waals surface area contributed by atoms with Crippen molar-refractivity contribution in [2.24, 2.45) is 0 Å². The summed E-state index contributed by atoms with van der Waals surface area (Å²) in [6.45, 7) is 3.57. The Kier molecular flexibility index (Phi) is 6.34. The standard InChI is InChI=1S/C23H24N2O4/c1-15(2)29-23(28)19-14-20(24-16-9-5-3-6-10-16)18(22(26)27)13-21(19)25-17-11-7-4-8-12-17/h3-12,15,24-25H,13-14H2,1-2H3,(H,26,27). The molecule has 0 unspecified atom stereocenters. The Morgan fingerprint density at radius 1 is 0.828 bits per heavy atom. The maximum atomic E-state index is 12.8. The van der Waals surface area contributed by atoms with Crippen molar-refractivity contribution in [1.82, 2.24) is 0 Å². The number of hydrogen-bond acceptors (Lipinski definition) is 5. The molecule has 0 aromatic heterocycles. The number of allylic oxidation sites excluding steroid dienone is 2. The summed E-state index contributed by atoms with van der Waals surface area (Å²) in [5, 5.41) is 16.1. The minimum Gasteiger partial charge on any atom is -0.478 e. The van der Waals surface area contributed by atoms with Gasteiger partial charge in [-0.15, -0.1) is 0 Å². The van der Waals surface area contributed by atoms with E-state index in [4.69, 9.17) is 4.74 Å². The maximum absolute atomic E-state index is 12.8. The molecule has 0 fully saturated rings. The Hall–Kier alpha value is -3.54. The van der Waals surface area contributed by atoms with Crippen molar-refractivity contribution in [2.75, 3.05) is 10.6 Å². The lowest BCUT2D eigenvalue weighted by molar-refractivity contribution is -0.143. The molecule has 6 heteroatoms. The Labute approximate surface area is 169 Å². The topological polar surface area (TPSA) is 87.7 Å². The second-order valence-corrected chi connectivity index (χ2v) is 7.01. The summed E-state index contributed by atoms with van der Waals surface area (Å²) in [5.74, 6) is -1.47. The molecule has 3 rings (SSSR count). The maximum Gasteiger partial charge on any atom is 0.336 e. The van der Waals surface area contributed by atoms with E-state index >= 15 is 0 Å². The molecule has 0 atom stereocenters. The first kappa shape index (κ1) is 20.2. The number of carboxylic acids is 1. The lowest BCUT2D eigenvalue weighted by Crippen LogP contribution is -2.25. The van der Waals surface area contributed by atoms with Gasteiger partial charge in [0.25, 0.3) is 0 Å². The van der Waals surface area contributed by atoms with E-state index in [9.17, 15) is 14.7 Å². The van der Waals surface area contributed by atoms with Gasteiger partial charge in [0.2, 0.25) is 0 Å². The summed E-state index contributed by atoms with van der Waals surface area (Å²) in [6.07, 6.45) is -0.0533. The van der Waals surface area contributed by atoms with Gasteiger partial charge in [0.05, 0.1) is 17.3 Å². The second-order valence-electron chi connectivity index (χ2n) is 7.01. The fraction of sp³-hybridized carbons (Fsp3) is 0.217. The average molecular weight is 392 g/mol. The number of aliphatic carboxylic acids is 1. The van der Waals surface area contributed by atoms with E-state index in [-0.39, 0.29) is 24.5 Å². The van der Waals surface area contributed by atoms with Crippen LogP contribution in [0.5, 0.6) is 0 Å². The molecule has 1 aliphatic rings. The Balaban J connectivity index is 1.96. The largest absolute Gasteiger partial charge is 0.478 e. The normalized spacial score (nSPS) is 14.0. The molecule has 0 radical (unpaired) electrons. The SMILES string of the molecule is CC(C)OC(=O)C1=C(Nc2ccccc2)CC(C(=O)O)=C(Nc2ccccc2)C1. The van der Waals surface area contributed by atoms with Crippen LogP contribution in [-0.2, 0) is 14.3 Å². The van der Waals surface area contributed by atoms with E-state index < -0.39 is 11.9 Å². The molecule has 0 heterocycles. The number of para-hydroxylation sites is 2. The number of carbonyl (C=O) groups excluding carboxylic acids is 1. The van der Waals surface area contributed by atoms with Gasteiger partial charge in [0.15, 0.2) is 0 Å². The van der Waals surface area contributed by atoms with Gasteiger partial charge in [-0.2, -0.15) is 0 Å². The molecule has 0 saturated carbocycles. The van der Waals surface area contributed by atoms with Crippen LogP contribution in [0.25, 0.3) is 0 Å². The summed E-state index contributed by atoms with van der Waals surface area (Å²) in [7, 11) is 0. The summed E-state index contributed by atoms with van der Waals surface area (Å²) < 4.78 is 5.42. The number of benzene rings is 2. The van der Waals surface area contributed by atoms with Crippen molar-refractivity contribution < 1.29 is 19.4 Å². The van der Waals surface area contributed by atoms with Crippen LogP contribution in [-0.4, -0.2) is 23.1 Å². The molecule has 0 bridgehead atoms. The van der Waals surface area contributed by atoms with Gasteiger partial charge in [-0.05, 0) is 38.1 Å². The zero-order valence-electron chi connectivity index (χ0n) is 16.4. The first-order chi connectivity index (χ1) is 13.9. The van der Waals surface area contributed by atoms with Gasteiger partial charge in [-0.1, -0.05) is 36.4 Å². The fourth-order valence-corrected chi connectivity index (χ4v) is 3.10. The first-order valence-corrected chi connectivity index (χ1v) is 9.46. The fourth-order valence-electron chi connectivity index (χ4n) is 3.10. The highest BCUT2D eigenvalue weighted by atomic mass is 16.5. The number of ether oxygens (including phenoxy) is 1. The van der Waals surface area contributed by atoms with Crippen LogP contribution in [0.4, 0.5) is 11.4 Å². The molecule has 2 aromatic rings. The van der Waals surface area contributed by atoms with Crippen molar-refractivity contribution in [3.63, 3.8) is 0 Å². The molecule has 0 saturated heterocycles. The van der Waals surface area contributed by atoms with Crippen LogP contribution < -0.4 is 10.6 Å².